The number of thiophene rings is 1. The van der Waals surface area contributed by atoms with E-state index in [-0.39, 0.29) is 28.1 Å². The molecule has 1 N–H and O–H groups in total. The van der Waals surface area contributed by atoms with E-state index >= 15 is 0 Å². The van der Waals surface area contributed by atoms with Gasteiger partial charge in [-0.3, -0.25) is 9.59 Å². The van der Waals surface area contributed by atoms with Crippen LogP contribution < -0.4 is 10.1 Å². The van der Waals surface area contributed by atoms with Crippen LogP contribution in [0.25, 0.3) is 11.4 Å². The van der Waals surface area contributed by atoms with Crippen LogP contribution >= 0.6 is 23.1 Å². The highest BCUT2D eigenvalue weighted by Gasteiger charge is 2.27. The lowest BCUT2D eigenvalue weighted by atomic mass is 10.1. The van der Waals surface area contributed by atoms with Crippen molar-refractivity contribution < 1.29 is 23.9 Å². The summed E-state index contributed by atoms with van der Waals surface area (Å²) in [5.41, 5.74) is 1.45. The van der Waals surface area contributed by atoms with Crippen molar-refractivity contribution in [3.8, 4) is 17.1 Å². The Balaban J connectivity index is 1.80. The smallest absolute Gasteiger partial charge is 0.341 e. The van der Waals surface area contributed by atoms with Gasteiger partial charge < -0.3 is 24.3 Å². The Labute approximate surface area is 211 Å². The highest BCUT2D eigenvalue weighted by atomic mass is 32.2. The summed E-state index contributed by atoms with van der Waals surface area (Å²) in [6.07, 6.45) is 0. The summed E-state index contributed by atoms with van der Waals surface area (Å²) in [7, 11) is 6.10. The Morgan fingerprint density at radius 3 is 2.51 bits per heavy atom. The molecule has 2 heterocycles. The molecule has 0 atom stereocenters. The molecule has 0 spiro atoms. The number of nitrogens with zero attached hydrogens (tertiary/aromatic N) is 4. The first kappa shape index (κ1) is 26.2. The number of nitrogens with one attached hydrogen (secondary N) is 1. The van der Waals surface area contributed by atoms with E-state index in [0.29, 0.717) is 33.7 Å². The molecule has 2 amide bonds. The van der Waals surface area contributed by atoms with Crippen molar-refractivity contribution in [2.75, 3.05) is 39.4 Å². The van der Waals surface area contributed by atoms with Crippen LogP contribution in [0.15, 0.2) is 29.4 Å². The standard InChI is InChI=1S/C23H27N5O5S2/c1-7-28-19(14-10-8-9-11-15(14)32-5)25-26-23(28)34-12-16(29)24-20-17(22(31)33-6)13(2)18(35-20)21(30)27(3)4/h8-11H,7,12H2,1-6H3,(H,24,29). The van der Waals surface area contributed by atoms with Gasteiger partial charge in [-0.05, 0) is 31.5 Å². The Morgan fingerprint density at radius 1 is 1.17 bits per heavy atom. The number of esters is 1. The Morgan fingerprint density at radius 2 is 1.89 bits per heavy atom. The lowest BCUT2D eigenvalue weighted by Gasteiger charge is -2.10. The lowest BCUT2D eigenvalue weighted by Crippen LogP contribution is -2.21. The zero-order valence-electron chi connectivity index (χ0n) is 20.4. The van der Waals surface area contributed by atoms with Crippen molar-refractivity contribution in [3.63, 3.8) is 0 Å². The van der Waals surface area contributed by atoms with Gasteiger partial charge in [0.2, 0.25) is 5.91 Å². The van der Waals surface area contributed by atoms with E-state index in [2.05, 4.69) is 15.5 Å². The highest BCUT2D eigenvalue weighted by Crippen LogP contribution is 2.35. The summed E-state index contributed by atoms with van der Waals surface area (Å²) in [5.74, 6) is 0.115. The molecule has 3 rings (SSSR count). The number of anilines is 1. The Hall–Kier alpha value is -3.38. The monoisotopic (exact) mass is 517 g/mol. The van der Waals surface area contributed by atoms with Gasteiger partial charge in [-0.2, -0.15) is 0 Å². The van der Waals surface area contributed by atoms with Crippen molar-refractivity contribution in [2.24, 2.45) is 0 Å². The molecule has 0 aliphatic rings. The first-order chi connectivity index (χ1) is 16.7. The molecule has 0 radical (unpaired) electrons. The quantitative estimate of drug-likeness (QED) is 0.338. The SMILES string of the molecule is CCn1c(SCC(=O)Nc2sc(C(=O)N(C)C)c(C)c2C(=O)OC)nnc1-c1ccccc1OC. The van der Waals surface area contributed by atoms with Gasteiger partial charge >= 0.3 is 5.97 Å². The van der Waals surface area contributed by atoms with Crippen LogP contribution in [0.5, 0.6) is 5.75 Å². The van der Waals surface area contributed by atoms with Gasteiger partial charge in [0.05, 0.1) is 36.0 Å². The largest absolute Gasteiger partial charge is 0.496 e. The summed E-state index contributed by atoms with van der Waals surface area (Å²) in [6, 6.07) is 7.52. The van der Waals surface area contributed by atoms with E-state index in [1.807, 2.05) is 35.8 Å². The maximum absolute atomic E-state index is 12.8. The maximum atomic E-state index is 12.8. The van der Waals surface area contributed by atoms with E-state index in [4.69, 9.17) is 9.47 Å². The van der Waals surface area contributed by atoms with Crippen molar-refractivity contribution in [1.82, 2.24) is 19.7 Å². The molecule has 0 aliphatic carbocycles. The molecule has 0 saturated carbocycles. The van der Waals surface area contributed by atoms with Crippen LogP contribution in [0.3, 0.4) is 0 Å². The molecule has 1 aromatic carbocycles. The molecule has 0 saturated heterocycles. The normalized spacial score (nSPS) is 10.7. The number of aromatic nitrogens is 3. The van der Waals surface area contributed by atoms with Crippen LogP contribution in [-0.2, 0) is 16.1 Å². The summed E-state index contributed by atoms with van der Waals surface area (Å²) >= 11 is 2.27. The number of benzene rings is 1. The number of carbonyl (C=O) groups excluding carboxylic acids is 3. The number of carbonyl (C=O) groups is 3. The van der Waals surface area contributed by atoms with Gasteiger partial charge in [-0.1, -0.05) is 23.9 Å². The molecule has 12 heteroatoms. The third-order valence-corrected chi connectivity index (χ3v) is 7.26. The molecule has 0 bridgehead atoms. The van der Waals surface area contributed by atoms with E-state index in [1.54, 1.807) is 28.1 Å². The number of hydrogen-bond donors (Lipinski definition) is 1. The second-order valence-electron chi connectivity index (χ2n) is 7.54. The first-order valence-corrected chi connectivity index (χ1v) is 12.5. The molecule has 2 aromatic heterocycles. The first-order valence-electron chi connectivity index (χ1n) is 10.7. The van der Waals surface area contributed by atoms with Gasteiger partial charge in [0, 0.05) is 20.6 Å². The van der Waals surface area contributed by atoms with E-state index in [0.717, 1.165) is 16.9 Å². The fraction of sp³-hybridized carbons (Fsp3) is 0.348. The van der Waals surface area contributed by atoms with E-state index in [1.165, 1.54) is 23.8 Å². The van der Waals surface area contributed by atoms with Gasteiger partial charge in [0.25, 0.3) is 5.91 Å². The molecule has 0 unspecified atom stereocenters. The van der Waals surface area contributed by atoms with Gasteiger partial charge in [0.1, 0.15) is 10.8 Å². The Kier molecular flexibility index (Phi) is 8.52. The van der Waals surface area contributed by atoms with Crippen LogP contribution in [0, 0.1) is 6.92 Å². The van der Waals surface area contributed by atoms with Crippen LogP contribution in [0.4, 0.5) is 5.00 Å². The number of rotatable bonds is 9. The van der Waals surface area contributed by atoms with Crippen LogP contribution in [0.1, 0.15) is 32.5 Å². The number of thioether (sulfide) groups is 1. The third kappa shape index (κ3) is 5.49. The average molecular weight is 518 g/mol. The van der Waals surface area contributed by atoms with Crippen molar-refractivity contribution in [3.05, 3.63) is 40.3 Å². The minimum atomic E-state index is -0.619. The minimum Gasteiger partial charge on any atom is -0.496 e. The summed E-state index contributed by atoms with van der Waals surface area (Å²) in [4.78, 5) is 39.5. The topological polar surface area (TPSA) is 116 Å². The molecule has 3 aromatic rings. The predicted molar refractivity (Wildman–Crippen MR) is 135 cm³/mol. The van der Waals surface area contributed by atoms with Crippen molar-refractivity contribution in [2.45, 2.75) is 25.5 Å². The number of amides is 2. The van der Waals surface area contributed by atoms with Crippen LogP contribution in [-0.4, -0.2) is 71.5 Å². The molecular formula is C23H27N5O5S2. The van der Waals surface area contributed by atoms with E-state index < -0.39 is 5.97 Å². The fourth-order valence-corrected chi connectivity index (χ4v) is 5.39. The average Bonchev–Trinajstić information content (AvgIpc) is 3.41. The molecular weight excluding hydrogens is 490 g/mol. The number of methoxy groups -OCH3 is 2. The minimum absolute atomic E-state index is 0.0264. The number of ether oxygens (including phenoxy) is 2. The van der Waals surface area contributed by atoms with Gasteiger partial charge in [-0.15, -0.1) is 21.5 Å². The van der Waals surface area contributed by atoms with Crippen molar-refractivity contribution in [1.29, 1.82) is 0 Å². The van der Waals surface area contributed by atoms with Gasteiger partial charge in [-0.25, -0.2) is 4.79 Å². The maximum Gasteiger partial charge on any atom is 0.341 e. The Bertz CT molecular complexity index is 1250. The second kappa shape index (κ2) is 11.4. The zero-order valence-corrected chi connectivity index (χ0v) is 22.0. The third-order valence-electron chi connectivity index (χ3n) is 5.10. The molecule has 186 valence electrons. The predicted octanol–water partition coefficient (Wildman–Crippen LogP) is 3.56. The second-order valence-corrected chi connectivity index (χ2v) is 9.50. The molecule has 0 aliphatic heterocycles. The molecule has 10 nitrogen and oxygen atoms in total. The number of hydrogen-bond acceptors (Lipinski definition) is 9. The van der Waals surface area contributed by atoms with Crippen LogP contribution in [0.2, 0.25) is 0 Å². The van der Waals surface area contributed by atoms with Gasteiger partial charge in [0.15, 0.2) is 11.0 Å². The fourth-order valence-electron chi connectivity index (χ4n) is 3.36. The molecule has 35 heavy (non-hydrogen) atoms. The highest BCUT2D eigenvalue weighted by molar-refractivity contribution is 7.99. The lowest BCUT2D eigenvalue weighted by molar-refractivity contribution is -0.113. The zero-order chi connectivity index (χ0) is 25.7. The summed E-state index contributed by atoms with van der Waals surface area (Å²) in [5, 5.41) is 12.2. The summed E-state index contributed by atoms with van der Waals surface area (Å²) < 4.78 is 12.2. The summed E-state index contributed by atoms with van der Waals surface area (Å²) in [6.45, 7) is 4.22. The van der Waals surface area contributed by atoms with Crippen molar-refractivity contribution >= 4 is 45.9 Å². The number of para-hydroxylation sites is 1. The van der Waals surface area contributed by atoms with E-state index in [9.17, 15) is 14.4 Å². The molecule has 0 fully saturated rings.